The number of benzene rings is 2. The van der Waals surface area contributed by atoms with Crippen molar-refractivity contribution in [1.82, 2.24) is 15.1 Å². The van der Waals surface area contributed by atoms with Crippen LogP contribution in [-0.2, 0) is 32.2 Å². The Morgan fingerprint density at radius 2 is 1.19 bits per heavy atom. The van der Waals surface area contributed by atoms with Gasteiger partial charge in [-0.2, -0.15) is 0 Å². The van der Waals surface area contributed by atoms with E-state index >= 15 is 0 Å². The lowest BCUT2D eigenvalue weighted by Crippen LogP contribution is -2.36. The summed E-state index contributed by atoms with van der Waals surface area (Å²) >= 11 is 0. The van der Waals surface area contributed by atoms with Crippen LogP contribution in [0.4, 0.5) is 18.4 Å². The molecule has 268 valence electrons. The van der Waals surface area contributed by atoms with E-state index in [-0.39, 0.29) is 36.0 Å². The minimum atomic E-state index is -0.482. The number of rotatable bonds is 6. The van der Waals surface area contributed by atoms with Crippen LogP contribution in [0.1, 0.15) is 71.9 Å². The van der Waals surface area contributed by atoms with E-state index in [4.69, 9.17) is 18.9 Å². The van der Waals surface area contributed by atoms with E-state index < -0.39 is 11.2 Å². The van der Waals surface area contributed by atoms with Gasteiger partial charge in [0.05, 0.1) is 38.1 Å². The molecule has 0 saturated carbocycles. The fourth-order valence-electron chi connectivity index (χ4n) is 4.95. The monoisotopic (exact) mass is 677 g/mol. The molecule has 3 aliphatic heterocycles. The highest BCUT2D eigenvalue weighted by Gasteiger charge is 2.30. The number of carbonyl (C=O) groups excluding carboxylic acids is 2. The lowest BCUT2D eigenvalue weighted by Gasteiger charge is -2.24. The highest BCUT2D eigenvalue weighted by Crippen LogP contribution is 2.19. The molecule has 2 amide bonds. The largest absolute Gasteiger partial charge is 0.444 e. The van der Waals surface area contributed by atoms with Gasteiger partial charge >= 0.3 is 12.2 Å². The molecular formula is C36H53F2N3O7. The molecule has 3 heterocycles. The molecule has 0 aliphatic carbocycles. The summed E-state index contributed by atoms with van der Waals surface area (Å²) in [6.45, 7) is 16.2. The minimum Gasteiger partial charge on any atom is -0.444 e. The maximum atomic E-state index is 12.8. The normalized spacial score (nSPS) is 20.8. The molecule has 3 atom stereocenters. The van der Waals surface area contributed by atoms with Crippen LogP contribution in [0.25, 0.3) is 0 Å². The number of nitrogens with one attached hydrogen (secondary N) is 1. The fraction of sp³-hybridized carbons (Fsp3) is 0.611. The standard InChI is InChI=1S/C16H22FNO3.C11H14FNO.C9H17NO3/c1-16(2,3)21-15(19)18-9-8-14(10-18)20-11-12-4-6-13(17)7-5-12;12-10-3-1-9(2-4-10)8-14-11-5-6-13-7-11;1-9(2,3)13-8(12)10-5-4-7(11)6-10/h4-7,14H,8-11H2,1-3H3;1-4,11,13H,5-8H2;7,11H,4-6H2,1-3H3/t14-;11-;7-/m111/s1. The van der Waals surface area contributed by atoms with Crippen molar-refractivity contribution in [2.75, 3.05) is 39.3 Å². The molecule has 2 N–H and O–H groups in total. The van der Waals surface area contributed by atoms with Gasteiger partial charge in [0.2, 0.25) is 0 Å². The number of nitrogens with zero attached hydrogens (tertiary/aromatic N) is 2. The average Bonchev–Trinajstić information content (AvgIpc) is 3.78. The summed E-state index contributed by atoms with van der Waals surface area (Å²) < 4.78 is 47.3. The van der Waals surface area contributed by atoms with Gasteiger partial charge in [-0.3, -0.25) is 0 Å². The van der Waals surface area contributed by atoms with Gasteiger partial charge in [-0.1, -0.05) is 24.3 Å². The molecule has 0 spiro atoms. The van der Waals surface area contributed by atoms with Gasteiger partial charge in [-0.05, 0) is 103 Å². The molecule has 48 heavy (non-hydrogen) atoms. The van der Waals surface area contributed by atoms with Gasteiger partial charge in [-0.25, -0.2) is 18.4 Å². The van der Waals surface area contributed by atoms with Crippen molar-refractivity contribution in [2.45, 2.75) is 104 Å². The Hall–Kier alpha value is -3.32. The Labute approximate surface area is 283 Å². The quantitative estimate of drug-likeness (QED) is 0.381. The first-order valence-corrected chi connectivity index (χ1v) is 16.6. The van der Waals surface area contributed by atoms with Gasteiger partial charge < -0.3 is 39.2 Å². The van der Waals surface area contributed by atoms with Crippen molar-refractivity contribution < 1.29 is 42.4 Å². The molecule has 0 unspecified atom stereocenters. The van der Waals surface area contributed by atoms with Crippen molar-refractivity contribution in [3.05, 3.63) is 71.3 Å². The molecule has 2 aromatic carbocycles. The lowest BCUT2D eigenvalue weighted by molar-refractivity contribution is 0.0183. The van der Waals surface area contributed by atoms with Crippen molar-refractivity contribution in [3.8, 4) is 0 Å². The van der Waals surface area contributed by atoms with Gasteiger partial charge in [0.1, 0.15) is 22.8 Å². The fourth-order valence-corrected chi connectivity index (χ4v) is 4.95. The van der Waals surface area contributed by atoms with Gasteiger partial charge in [0, 0.05) is 26.2 Å². The highest BCUT2D eigenvalue weighted by molar-refractivity contribution is 5.69. The van der Waals surface area contributed by atoms with E-state index in [1.54, 1.807) is 29.2 Å². The Bertz CT molecular complexity index is 1260. The summed E-state index contributed by atoms with van der Waals surface area (Å²) in [6, 6.07) is 12.7. The van der Waals surface area contributed by atoms with Gasteiger partial charge in [0.25, 0.3) is 0 Å². The summed E-state index contributed by atoms with van der Waals surface area (Å²) in [5.41, 5.74) is 1.01. The van der Waals surface area contributed by atoms with Crippen LogP contribution in [0.3, 0.4) is 0 Å². The lowest BCUT2D eigenvalue weighted by atomic mass is 10.2. The topological polar surface area (TPSA) is 110 Å². The smallest absolute Gasteiger partial charge is 0.410 e. The van der Waals surface area contributed by atoms with E-state index in [9.17, 15) is 23.5 Å². The van der Waals surface area contributed by atoms with Crippen LogP contribution in [0, 0.1) is 11.6 Å². The number of halogens is 2. The third kappa shape index (κ3) is 15.3. The maximum absolute atomic E-state index is 12.8. The number of amides is 2. The van der Waals surface area contributed by atoms with Crippen LogP contribution >= 0.6 is 0 Å². The molecule has 10 nitrogen and oxygen atoms in total. The second kappa shape index (κ2) is 18.4. The third-order valence-electron chi connectivity index (χ3n) is 7.42. The number of ether oxygens (including phenoxy) is 4. The SMILES string of the molecule is CC(C)(C)OC(=O)N1CC[C@@H](O)C1.CC(C)(C)OC(=O)N1CC[C@@H](OCc2ccc(F)cc2)C1.Fc1ccc(CO[C@@H]2CCNC2)cc1. The number of β-amino-alcohol motifs (C(OH)–C–C–N with tert-alkyl or cyclic N) is 1. The summed E-state index contributed by atoms with van der Waals surface area (Å²) in [4.78, 5) is 26.5. The van der Waals surface area contributed by atoms with E-state index in [1.165, 1.54) is 29.2 Å². The predicted molar refractivity (Wildman–Crippen MR) is 178 cm³/mol. The second-order valence-corrected chi connectivity index (χ2v) is 14.2. The summed E-state index contributed by atoms with van der Waals surface area (Å²) in [5.74, 6) is -0.452. The highest BCUT2D eigenvalue weighted by atomic mass is 19.1. The summed E-state index contributed by atoms with van der Waals surface area (Å²) in [7, 11) is 0. The molecule has 0 aromatic heterocycles. The van der Waals surface area contributed by atoms with Crippen molar-refractivity contribution in [3.63, 3.8) is 0 Å². The van der Waals surface area contributed by atoms with Crippen LogP contribution in [0.2, 0.25) is 0 Å². The Kier molecular flexibility index (Phi) is 15.0. The van der Waals surface area contributed by atoms with Crippen molar-refractivity contribution in [2.24, 2.45) is 0 Å². The van der Waals surface area contributed by atoms with Gasteiger partial charge in [-0.15, -0.1) is 0 Å². The van der Waals surface area contributed by atoms with Crippen molar-refractivity contribution >= 4 is 12.2 Å². The van der Waals surface area contributed by atoms with Crippen molar-refractivity contribution in [1.29, 1.82) is 0 Å². The first kappa shape index (κ1) is 39.1. The van der Waals surface area contributed by atoms with Crippen LogP contribution in [0.15, 0.2) is 48.5 Å². The molecule has 3 saturated heterocycles. The zero-order valence-corrected chi connectivity index (χ0v) is 29.2. The number of likely N-dealkylation sites (tertiary alicyclic amines) is 2. The number of aliphatic hydroxyl groups excluding tert-OH is 1. The molecule has 3 aliphatic rings. The molecule has 2 aromatic rings. The molecule has 12 heteroatoms. The minimum absolute atomic E-state index is 0.00238. The van der Waals surface area contributed by atoms with E-state index in [1.807, 2.05) is 41.5 Å². The van der Waals surface area contributed by atoms with Gasteiger partial charge in [0.15, 0.2) is 0 Å². The van der Waals surface area contributed by atoms with Crippen LogP contribution in [0.5, 0.6) is 0 Å². The van der Waals surface area contributed by atoms with E-state index in [2.05, 4.69) is 5.32 Å². The maximum Gasteiger partial charge on any atom is 0.410 e. The Morgan fingerprint density at radius 3 is 1.60 bits per heavy atom. The zero-order valence-electron chi connectivity index (χ0n) is 29.2. The zero-order chi connectivity index (χ0) is 35.3. The number of aliphatic hydroxyl groups is 1. The van der Waals surface area contributed by atoms with E-state index in [0.29, 0.717) is 51.9 Å². The molecule has 3 fully saturated rings. The van der Waals surface area contributed by atoms with Crippen LogP contribution < -0.4 is 5.32 Å². The first-order chi connectivity index (χ1) is 22.6. The second-order valence-electron chi connectivity index (χ2n) is 14.2. The number of hydrogen-bond acceptors (Lipinski definition) is 8. The molecule has 5 rings (SSSR count). The average molecular weight is 678 g/mol. The Balaban J connectivity index is 0.000000203. The molecule has 0 radical (unpaired) electrons. The van der Waals surface area contributed by atoms with Crippen LogP contribution in [-0.4, -0.2) is 95.9 Å². The Morgan fingerprint density at radius 1 is 0.729 bits per heavy atom. The summed E-state index contributed by atoms with van der Waals surface area (Å²) in [5, 5.41) is 12.4. The first-order valence-electron chi connectivity index (χ1n) is 16.6. The summed E-state index contributed by atoms with van der Waals surface area (Å²) in [6.07, 6.45) is 1.83. The predicted octanol–water partition coefficient (Wildman–Crippen LogP) is 6.04. The molecule has 0 bridgehead atoms. The molecular weight excluding hydrogens is 624 g/mol. The third-order valence-corrected chi connectivity index (χ3v) is 7.42. The number of hydrogen-bond donors (Lipinski definition) is 2. The van der Waals surface area contributed by atoms with E-state index in [0.717, 1.165) is 37.1 Å². The number of carbonyl (C=O) groups is 2.